The van der Waals surface area contributed by atoms with Crippen molar-refractivity contribution in [1.82, 2.24) is 10.2 Å². The number of likely N-dealkylation sites (tertiary alicyclic amines) is 1. The van der Waals surface area contributed by atoms with Gasteiger partial charge in [0.1, 0.15) is 0 Å². The molecule has 3 unspecified atom stereocenters. The third kappa shape index (κ3) is 3.45. The minimum Gasteiger partial charge on any atom is -0.314 e. The van der Waals surface area contributed by atoms with Gasteiger partial charge in [0.05, 0.1) is 0 Å². The molecule has 100 valence electrons. The van der Waals surface area contributed by atoms with Crippen LogP contribution in [0.3, 0.4) is 0 Å². The molecule has 0 bridgehead atoms. The second-order valence-corrected chi connectivity index (χ2v) is 5.90. The predicted octanol–water partition coefficient (Wildman–Crippen LogP) is 3.17. The van der Waals surface area contributed by atoms with Crippen LogP contribution < -0.4 is 5.32 Å². The first-order valence-corrected chi connectivity index (χ1v) is 7.84. The highest BCUT2D eigenvalue weighted by Crippen LogP contribution is 2.31. The topological polar surface area (TPSA) is 15.3 Å². The van der Waals surface area contributed by atoms with Crippen molar-refractivity contribution in [3.8, 4) is 0 Å². The van der Waals surface area contributed by atoms with Crippen molar-refractivity contribution in [3.05, 3.63) is 0 Å². The van der Waals surface area contributed by atoms with Crippen LogP contribution in [0.2, 0.25) is 0 Å². The summed E-state index contributed by atoms with van der Waals surface area (Å²) in [6.07, 6.45) is 11.3. The lowest BCUT2D eigenvalue weighted by Crippen LogP contribution is -2.45. The molecule has 0 radical (unpaired) electrons. The Bertz CT molecular complexity index is 215. The fourth-order valence-corrected chi connectivity index (χ4v) is 3.88. The summed E-state index contributed by atoms with van der Waals surface area (Å²) < 4.78 is 0. The highest BCUT2D eigenvalue weighted by atomic mass is 15.2. The summed E-state index contributed by atoms with van der Waals surface area (Å²) >= 11 is 0. The van der Waals surface area contributed by atoms with Crippen LogP contribution in [-0.4, -0.2) is 36.1 Å². The van der Waals surface area contributed by atoms with Crippen LogP contribution in [0.4, 0.5) is 0 Å². The monoisotopic (exact) mass is 238 g/mol. The summed E-state index contributed by atoms with van der Waals surface area (Å²) in [5, 5.41) is 3.63. The zero-order chi connectivity index (χ0) is 12.1. The quantitative estimate of drug-likeness (QED) is 0.791. The SMILES string of the molecule is CCCC1CCCCN1C1CCC(NCC)C1. The molecule has 0 spiro atoms. The molecule has 2 fully saturated rings. The summed E-state index contributed by atoms with van der Waals surface area (Å²) in [5.41, 5.74) is 0. The lowest BCUT2D eigenvalue weighted by molar-refractivity contribution is 0.0894. The molecule has 1 aliphatic carbocycles. The molecule has 1 N–H and O–H groups in total. The highest BCUT2D eigenvalue weighted by molar-refractivity contribution is 4.90. The molecule has 3 atom stereocenters. The molecule has 0 aromatic heterocycles. The van der Waals surface area contributed by atoms with E-state index in [0.29, 0.717) is 0 Å². The second-order valence-electron chi connectivity index (χ2n) is 5.90. The molecule has 0 amide bonds. The van der Waals surface area contributed by atoms with Gasteiger partial charge in [-0.2, -0.15) is 0 Å². The smallest absolute Gasteiger partial charge is 0.0114 e. The number of piperidine rings is 1. The van der Waals surface area contributed by atoms with Crippen molar-refractivity contribution >= 4 is 0 Å². The Kier molecular flexibility index (Phi) is 5.30. The van der Waals surface area contributed by atoms with E-state index in [0.717, 1.165) is 24.7 Å². The third-order valence-electron chi connectivity index (χ3n) is 4.66. The van der Waals surface area contributed by atoms with Crippen LogP contribution in [0.15, 0.2) is 0 Å². The molecular formula is C15H30N2. The van der Waals surface area contributed by atoms with Gasteiger partial charge in [0.25, 0.3) is 0 Å². The van der Waals surface area contributed by atoms with E-state index in [4.69, 9.17) is 0 Å². The zero-order valence-corrected chi connectivity index (χ0v) is 11.8. The van der Waals surface area contributed by atoms with Crippen LogP contribution in [-0.2, 0) is 0 Å². The normalized spacial score (nSPS) is 35.3. The van der Waals surface area contributed by atoms with Crippen molar-refractivity contribution in [2.24, 2.45) is 0 Å². The van der Waals surface area contributed by atoms with Gasteiger partial charge < -0.3 is 5.32 Å². The average molecular weight is 238 g/mol. The summed E-state index contributed by atoms with van der Waals surface area (Å²) in [5.74, 6) is 0. The summed E-state index contributed by atoms with van der Waals surface area (Å²) in [6, 6.07) is 2.59. The van der Waals surface area contributed by atoms with Gasteiger partial charge in [-0.25, -0.2) is 0 Å². The number of nitrogens with one attached hydrogen (secondary N) is 1. The van der Waals surface area contributed by atoms with Gasteiger partial charge in [-0.1, -0.05) is 26.7 Å². The van der Waals surface area contributed by atoms with Crippen LogP contribution >= 0.6 is 0 Å². The third-order valence-corrected chi connectivity index (χ3v) is 4.66. The standard InChI is InChI=1S/C15H30N2/c1-3-7-14-8-5-6-11-17(14)15-10-9-13(12-15)16-4-2/h13-16H,3-12H2,1-2H3. The summed E-state index contributed by atoms with van der Waals surface area (Å²) in [6.45, 7) is 7.07. The zero-order valence-electron chi connectivity index (χ0n) is 11.8. The van der Waals surface area contributed by atoms with E-state index in [2.05, 4.69) is 24.1 Å². The average Bonchev–Trinajstić information content (AvgIpc) is 2.79. The minimum absolute atomic E-state index is 0.800. The summed E-state index contributed by atoms with van der Waals surface area (Å²) in [4.78, 5) is 2.87. The lowest BCUT2D eigenvalue weighted by atomic mass is 9.95. The Labute approximate surface area is 107 Å². The van der Waals surface area contributed by atoms with Gasteiger partial charge in [-0.05, 0) is 51.6 Å². The molecular weight excluding hydrogens is 208 g/mol. The number of hydrogen-bond donors (Lipinski definition) is 1. The van der Waals surface area contributed by atoms with Gasteiger partial charge in [0.2, 0.25) is 0 Å². The molecule has 17 heavy (non-hydrogen) atoms. The van der Waals surface area contributed by atoms with Gasteiger partial charge >= 0.3 is 0 Å². The lowest BCUT2D eigenvalue weighted by Gasteiger charge is -2.40. The van der Waals surface area contributed by atoms with Crippen molar-refractivity contribution in [1.29, 1.82) is 0 Å². The largest absolute Gasteiger partial charge is 0.314 e. The maximum atomic E-state index is 3.63. The Morgan fingerprint density at radius 3 is 2.76 bits per heavy atom. The Hall–Kier alpha value is -0.0800. The Morgan fingerprint density at radius 2 is 2.00 bits per heavy atom. The first kappa shape index (κ1) is 13.4. The van der Waals surface area contributed by atoms with E-state index in [1.165, 1.54) is 57.9 Å². The fourth-order valence-electron chi connectivity index (χ4n) is 3.88. The maximum Gasteiger partial charge on any atom is 0.0114 e. The molecule has 2 rings (SSSR count). The van der Waals surface area contributed by atoms with E-state index in [1.807, 2.05) is 0 Å². The van der Waals surface area contributed by atoms with Crippen molar-refractivity contribution in [2.45, 2.75) is 83.3 Å². The molecule has 2 heteroatoms. The molecule has 1 saturated carbocycles. The predicted molar refractivity (Wildman–Crippen MR) is 74.4 cm³/mol. The highest BCUT2D eigenvalue weighted by Gasteiger charge is 2.33. The molecule has 1 aliphatic heterocycles. The van der Waals surface area contributed by atoms with Gasteiger partial charge in [-0.3, -0.25) is 4.90 Å². The van der Waals surface area contributed by atoms with Crippen LogP contribution in [0.1, 0.15) is 65.2 Å². The van der Waals surface area contributed by atoms with Crippen LogP contribution in [0.5, 0.6) is 0 Å². The van der Waals surface area contributed by atoms with Crippen molar-refractivity contribution in [3.63, 3.8) is 0 Å². The second kappa shape index (κ2) is 6.75. The van der Waals surface area contributed by atoms with Crippen LogP contribution in [0, 0.1) is 0 Å². The summed E-state index contributed by atoms with van der Waals surface area (Å²) in [7, 11) is 0. The van der Waals surface area contributed by atoms with Crippen LogP contribution in [0.25, 0.3) is 0 Å². The molecule has 2 nitrogen and oxygen atoms in total. The Morgan fingerprint density at radius 1 is 1.12 bits per heavy atom. The molecule has 1 heterocycles. The molecule has 2 aliphatic rings. The van der Waals surface area contributed by atoms with E-state index in [9.17, 15) is 0 Å². The van der Waals surface area contributed by atoms with Crippen molar-refractivity contribution < 1.29 is 0 Å². The Balaban J connectivity index is 1.86. The van der Waals surface area contributed by atoms with Gasteiger partial charge in [-0.15, -0.1) is 0 Å². The number of nitrogens with zero attached hydrogens (tertiary/aromatic N) is 1. The van der Waals surface area contributed by atoms with Gasteiger partial charge in [0.15, 0.2) is 0 Å². The minimum atomic E-state index is 0.800. The number of hydrogen-bond acceptors (Lipinski definition) is 2. The first-order valence-electron chi connectivity index (χ1n) is 7.84. The van der Waals surface area contributed by atoms with Gasteiger partial charge in [0, 0.05) is 18.1 Å². The molecule has 0 aromatic rings. The molecule has 1 saturated heterocycles. The van der Waals surface area contributed by atoms with E-state index < -0.39 is 0 Å². The van der Waals surface area contributed by atoms with E-state index >= 15 is 0 Å². The van der Waals surface area contributed by atoms with Crippen molar-refractivity contribution in [2.75, 3.05) is 13.1 Å². The fraction of sp³-hybridized carbons (Fsp3) is 1.00. The molecule has 0 aromatic carbocycles. The maximum absolute atomic E-state index is 3.63. The first-order chi connectivity index (χ1) is 8.35. The van der Waals surface area contributed by atoms with E-state index in [-0.39, 0.29) is 0 Å². The van der Waals surface area contributed by atoms with E-state index in [1.54, 1.807) is 0 Å². The number of rotatable bonds is 5.